The lowest BCUT2D eigenvalue weighted by molar-refractivity contribution is -0.141. The van der Waals surface area contributed by atoms with Crippen LogP contribution in [0, 0.1) is 6.92 Å². The lowest BCUT2D eigenvalue weighted by Crippen LogP contribution is -2.09. The molecule has 0 unspecified atom stereocenters. The molecule has 1 aromatic carbocycles. The first-order valence-corrected chi connectivity index (χ1v) is 9.72. The molecule has 0 fully saturated rings. The topological polar surface area (TPSA) is 72.3 Å². The number of H-pyrrole nitrogens is 1. The minimum Gasteiger partial charge on any atom is -0.278 e. The molecule has 11 heteroatoms. The molecular weight excluding hydrogens is 432 g/mol. The zero-order valence-electron chi connectivity index (χ0n) is 15.8. The number of hydrogen-bond donors (Lipinski definition) is 1. The first-order valence-electron chi connectivity index (χ1n) is 9.01. The van der Waals surface area contributed by atoms with Crippen LogP contribution in [0.1, 0.15) is 11.3 Å². The molecule has 31 heavy (non-hydrogen) atoms. The van der Waals surface area contributed by atoms with E-state index in [9.17, 15) is 17.1 Å². The number of hydrogen-bond acceptors (Lipinski definition) is 5. The number of pyridine rings is 2. The second-order valence-corrected chi connectivity index (χ2v) is 7.44. The van der Waals surface area contributed by atoms with Gasteiger partial charge in [0, 0.05) is 17.1 Å². The van der Waals surface area contributed by atoms with Crippen LogP contribution >= 0.6 is 12.1 Å². The molecule has 1 N–H and O–H groups in total. The predicted octanol–water partition coefficient (Wildman–Crippen LogP) is 5.66. The van der Waals surface area contributed by atoms with E-state index in [-0.39, 0.29) is 28.3 Å². The van der Waals surface area contributed by atoms with Gasteiger partial charge in [0.1, 0.15) is 34.2 Å². The molecular formula is C20H12F4N6S. The summed E-state index contributed by atoms with van der Waals surface area (Å²) in [6, 6.07) is 8.86. The van der Waals surface area contributed by atoms with Crippen molar-refractivity contribution >= 4 is 34.2 Å². The lowest BCUT2D eigenvalue weighted by atomic mass is 10.1. The summed E-state index contributed by atoms with van der Waals surface area (Å²) < 4.78 is 54.7. The van der Waals surface area contributed by atoms with Gasteiger partial charge < -0.3 is 0 Å². The van der Waals surface area contributed by atoms with Crippen LogP contribution < -0.4 is 0 Å². The van der Waals surface area contributed by atoms with E-state index in [2.05, 4.69) is 25.1 Å². The number of halogens is 4. The molecule has 0 spiro atoms. The monoisotopic (exact) mass is 444 g/mol. The maximum Gasteiger partial charge on any atom is 0.433 e. The van der Waals surface area contributed by atoms with Gasteiger partial charge in [0.15, 0.2) is 5.65 Å². The van der Waals surface area contributed by atoms with E-state index in [1.54, 1.807) is 24.4 Å². The standard InChI is InChI=1S/C20H12F4N6S/c1-10-6-13(7-12-9-26-29-17(10)12)30-18(11-4-5-25-16(8-11)31-24)27-14-2-3-15(20(21,22)23)28-19(14)30/h2-9H,1H3,(H,26,29). The fraction of sp³-hybridized carbons (Fsp3) is 0.100. The minimum absolute atomic E-state index is 0.0275. The Morgan fingerprint density at radius 1 is 1.06 bits per heavy atom. The van der Waals surface area contributed by atoms with Crippen LogP contribution in [0.2, 0.25) is 0 Å². The second kappa shape index (κ2) is 7.05. The molecule has 6 nitrogen and oxygen atoms in total. The Hall–Kier alpha value is -3.47. The third-order valence-corrected chi connectivity index (χ3v) is 5.24. The number of benzene rings is 1. The number of alkyl halides is 3. The normalized spacial score (nSPS) is 12.2. The molecule has 0 aliphatic rings. The van der Waals surface area contributed by atoms with E-state index in [0.29, 0.717) is 17.1 Å². The maximum absolute atomic E-state index is 13.4. The molecule has 0 saturated carbocycles. The van der Waals surface area contributed by atoms with Crippen molar-refractivity contribution in [3.05, 3.63) is 60.0 Å². The van der Waals surface area contributed by atoms with Crippen LogP contribution in [-0.2, 0) is 6.18 Å². The molecule has 0 aliphatic carbocycles. The van der Waals surface area contributed by atoms with E-state index in [1.165, 1.54) is 22.9 Å². The Balaban J connectivity index is 1.85. The van der Waals surface area contributed by atoms with Gasteiger partial charge in [-0.25, -0.2) is 15.0 Å². The Morgan fingerprint density at radius 2 is 1.90 bits per heavy atom. The number of fused-ring (bicyclic) bond motifs is 2. The molecule has 156 valence electrons. The Kier molecular flexibility index (Phi) is 4.43. The number of aromatic amines is 1. The number of imidazole rings is 1. The summed E-state index contributed by atoms with van der Waals surface area (Å²) in [4.78, 5) is 12.3. The van der Waals surface area contributed by atoms with Crippen LogP contribution in [0.25, 0.3) is 39.1 Å². The van der Waals surface area contributed by atoms with Crippen LogP contribution in [0.3, 0.4) is 0 Å². The molecule has 4 aromatic heterocycles. The Labute approximate surface area is 176 Å². The van der Waals surface area contributed by atoms with Gasteiger partial charge in [0.25, 0.3) is 0 Å². The highest BCUT2D eigenvalue weighted by Gasteiger charge is 2.33. The van der Waals surface area contributed by atoms with Crippen LogP contribution in [0.5, 0.6) is 0 Å². The third kappa shape index (κ3) is 3.30. The van der Waals surface area contributed by atoms with Crippen molar-refractivity contribution < 1.29 is 17.1 Å². The van der Waals surface area contributed by atoms with Gasteiger partial charge in [0.05, 0.1) is 17.4 Å². The largest absolute Gasteiger partial charge is 0.433 e. The number of nitrogens with zero attached hydrogens (tertiary/aromatic N) is 5. The van der Waals surface area contributed by atoms with Crippen molar-refractivity contribution in [2.75, 3.05) is 0 Å². The lowest BCUT2D eigenvalue weighted by Gasteiger charge is -2.12. The number of aryl methyl sites for hydroxylation is 1. The Bertz CT molecular complexity index is 1440. The molecule has 0 saturated heterocycles. The smallest absolute Gasteiger partial charge is 0.278 e. The van der Waals surface area contributed by atoms with Gasteiger partial charge in [-0.1, -0.05) is 0 Å². The molecule has 5 rings (SSSR count). The van der Waals surface area contributed by atoms with E-state index in [4.69, 9.17) is 0 Å². The third-order valence-electron chi connectivity index (χ3n) is 4.86. The highest BCUT2D eigenvalue weighted by Crippen LogP contribution is 2.34. The van der Waals surface area contributed by atoms with Crippen molar-refractivity contribution in [2.24, 2.45) is 0 Å². The Morgan fingerprint density at radius 3 is 2.68 bits per heavy atom. The summed E-state index contributed by atoms with van der Waals surface area (Å²) in [5.41, 5.74) is 2.01. The first kappa shape index (κ1) is 19.5. The van der Waals surface area contributed by atoms with Gasteiger partial charge in [-0.3, -0.25) is 9.67 Å². The molecule has 0 atom stereocenters. The van der Waals surface area contributed by atoms with Gasteiger partial charge in [-0.15, -0.1) is 0 Å². The fourth-order valence-electron chi connectivity index (χ4n) is 3.49. The second-order valence-electron chi connectivity index (χ2n) is 6.86. The molecule has 0 bridgehead atoms. The highest BCUT2D eigenvalue weighted by molar-refractivity contribution is 7.94. The summed E-state index contributed by atoms with van der Waals surface area (Å²) >= 11 is -0.0275. The van der Waals surface area contributed by atoms with Crippen molar-refractivity contribution in [2.45, 2.75) is 18.1 Å². The zero-order chi connectivity index (χ0) is 21.8. The molecule has 4 heterocycles. The summed E-state index contributed by atoms with van der Waals surface area (Å²) in [5, 5.41) is 7.82. The highest BCUT2D eigenvalue weighted by atomic mass is 32.2. The molecule has 0 amide bonds. The summed E-state index contributed by atoms with van der Waals surface area (Å²) in [6.07, 6.45) is -1.56. The van der Waals surface area contributed by atoms with Crippen LogP contribution in [0.15, 0.2) is 53.8 Å². The first-order chi connectivity index (χ1) is 14.8. The van der Waals surface area contributed by atoms with E-state index < -0.39 is 11.9 Å². The minimum atomic E-state index is -4.61. The summed E-state index contributed by atoms with van der Waals surface area (Å²) in [6.45, 7) is 1.86. The van der Waals surface area contributed by atoms with Gasteiger partial charge in [0.2, 0.25) is 0 Å². The molecule has 5 aromatic rings. The van der Waals surface area contributed by atoms with Crippen LogP contribution in [-0.4, -0.2) is 29.7 Å². The van der Waals surface area contributed by atoms with Crippen molar-refractivity contribution in [3.63, 3.8) is 0 Å². The average molecular weight is 444 g/mol. The van der Waals surface area contributed by atoms with Crippen molar-refractivity contribution in [3.8, 4) is 17.1 Å². The molecule has 0 aliphatic heterocycles. The van der Waals surface area contributed by atoms with Crippen LogP contribution in [0.4, 0.5) is 17.1 Å². The number of nitrogens with one attached hydrogen (secondary N) is 1. The van der Waals surface area contributed by atoms with E-state index in [0.717, 1.165) is 22.5 Å². The average Bonchev–Trinajstić information content (AvgIpc) is 3.37. The number of rotatable bonds is 3. The zero-order valence-corrected chi connectivity index (χ0v) is 16.6. The van der Waals surface area contributed by atoms with Crippen molar-refractivity contribution in [1.29, 1.82) is 0 Å². The van der Waals surface area contributed by atoms with Gasteiger partial charge >= 0.3 is 6.18 Å². The van der Waals surface area contributed by atoms with E-state index in [1.807, 2.05) is 6.92 Å². The predicted molar refractivity (Wildman–Crippen MR) is 108 cm³/mol. The molecule has 0 radical (unpaired) electrons. The summed E-state index contributed by atoms with van der Waals surface area (Å²) in [5.74, 6) is 0.321. The van der Waals surface area contributed by atoms with Gasteiger partial charge in [-0.2, -0.15) is 22.2 Å². The summed E-state index contributed by atoms with van der Waals surface area (Å²) in [7, 11) is 0. The maximum atomic E-state index is 13.4. The van der Waals surface area contributed by atoms with E-state index >= 15 is 0 Å². The fourth-order valence-corrected chi connectivity index (χ4v) is 3.76. The van der Waals surface area contributed by atoms with Gasteiger partial charge in [-0.05, 0) is 48.9 Å². The quantitative estimate of drug-likeness (QED) is 0.364. The number of aromatic nitrogens is 6. The van der Waals surface area contributed by atoms with Crippen molar-refractivity contribution in [1.82, 2.24) is 29.7 Å². The SMILES string of the molecule is Cc1cc(-n2c(-c3ccnc(SF)c3)nc3ccc(C(F)(F)F)nc32)cc2cn[nH]c12.